The summed E-state index contributed by atoms with van der Waals surface area (Å²) in [5.74, 6) is -2.84. The highest BCUT2D eigenvalue weighted by Gasteiger charge is 2.15. The number of rotatable bonds is 6. The molecule has 3 N–H and O–H groups in total. The topological polar surface area (TPSA) is 121 Å². The number of para-hydroxylation sites is 1. The van der Waals surface area contributed by atoms with Crippen LogP contribution in [0.5, 0.6) is 5.75 Å². The first-order chi connectivity index (χ1) is 9.86. The first-order valence-corrected chi connectivity index (χ1v) is 5.95. The van der Waals surface area contributed by atoms with Crippen LogP contribution in [0.3, 0.4) is 0 Å². The van der Waals surface area contributed by atoms with Gasteiger partial charge < -0.3 is 20.1 Å². The Morgan fingerprint density at radius 2 is 1.52 bits per heavy atom. The summed E-state index contributed by atoms with van der Waals surface area (Å²) in [7, 11) is 0. The van der Waals surface area contributed by atoms with Crippen LogP contribution in [-0.4, -0.2) is 39.3 Å². The van der Waals surface area contributed by atoms with Crippen LogP contribution in [0.15, 0.2) is 42.5 Å². The van der Waals surface area contributed by atoms with Gasteiger partial charge in [0.05, 0.1) is 0 Å². The number of ether oxygens (including phenoxy) is 1. The molecule has 1 aromatic carbocycles. The van der Waals surface area contributed by atoms with Crippen LogP contribution in [0.1, 0.15) is 13.3 Å². The minimum atomic E-state index is -1.26. The van der Waals surface area contributed by atoms with Crippen molar-refractivity contribution in [2.24, 2.45) is 0 Å². The van der Waals surface area contributed by atoms with Crippen molar-refractivity contribution in [3.8, 4) is 5.75 Å². The van der Waals surface area contributed by atoms with E-state index < -0.39 is 24.0 Å². The molecule has 7 heteroatoms. The summed E-state index contributed by atoms with van der Waals surface area (Å²) in [6.45, 7) is 1.78. The van der Waals surface area contributed by atoms with E-state index >= 15 is 0 Å². The average Bonchev–Trinajstić information content (AvgIpc) is 2.44. The fourth-order valence-electron chi connectivity index (χ4n) is 1.11. The number of hydrogen-bond acceptors (Lipinski definition) is 4. The molecule has 0 aliphatic heterocycles. The highest BCUT2D eigenvalue weighted by Crippen LogP contribution is 2.12. The quantitative estimate of drug-likeness (QED) is 0.682. The number of benzene rings is 1. The molecule has 0 saturated heterocycles. The molecule has 0 heterocycles. The van der Waals surface area contributed by atoms with Gasteiger partial charge in [0.1, 0.15) is 5.75 Å². The molecule has 21 heavy (non-hydrogen) atoms. The van der Waals surface area contributed by atoms with Crippen LogP contribution in [-0.2, 0) is 14.4 Å². The Morgan fingerprint density at radius 3 is 1.86 bits per heavy atom. The molecule has 0 amide bonds. The predicted molar refractivity (Wildman–Crippen MR) is 73.2 cm³/mol. The molecule has 1 rings (SSSR count). The van der Waals surface area contributed by atoms with Gasteiger partial charge in [-0.1, -0.05) is 25.1 Å². The number of carbonyl (C=O) groups is 3. The molecule has 0 spiro atoms. The fourth-order valence-corrected chi connectivity index (χ4v) is 1.11. The van der Waals surface area contributed by atoms with Gasteiger partial charge in [0.25, 0.3) is 0 Å². The Hall–Kier alpha value is -2.83. The van der Waals surface area contributed by atoms with E-state index in [1.54, 1.807) is 19.1 Å². The van der Waals surface area contributed by atoms with Gasteiger partial charge >= 0.3 is 17.9 Å². The molecule has 0 bridgehead atoms. The predicted octanol–water partition coefficient (Wildman–Crippen LogP) is 1.64. The Labute approximate surface area is 121 Å². The third-order valence-corrected chi connectivity index (χ3v) is 2.04. The van der Waals surface area contributed by atoms with Gasteiger partial charge in [-0.05, 0) is 18.6 Å². The number of carboxylic acids is 3. The molecule has 0 fully saturated rings. The number of aliphatic carboxylic acids is 3. The molecule has 1 unspecified atom stereocenters. The maximum Gasteiger partial charge on any atom is 0.344 e. The monoisotopic (exact) mass is 296 g/mol. The van der Waals surface area contributed by atoms with E-state index in [-0.39, 0.29) is 0 Å². The van der Waals surface area contributed by atoms with Crippen molar-refractivity contribution in [1.82, 2.24) is 0 Å². The second-order valence-electron chi connectivity index (χ2n) is 3.68. The van der Waals surface area contributed by atoms with Crippen LogP contribution in [0, 0.1) is 0 Å². The Kier molecular flexibility index (Phi) is 8.67. The Morgan fingerprint density at radius 1 is 1.05 bits per heavy atom. The first-order valence-electron chi connectivity index (χ1n) is 5.95. The minimum absolute atomic E-state index is 0.463. The second kappa shape index (κ2) is 10.0. The highest BCUT2D eigenvalue weighted by molar-refractivity contribution is 5.89. The smallest absolute Gasteiger partial charge is 0.344 e. The van der Waals surface area contributed by atoms with Gasteiger partial charge in [0.2, 0.25) is 0 Å². The van der Waals surface area contributed by atoms with E-state index in [0.29, 0.717) is 24.3 Å². The normalized spacial score (nSPS) is 11.1. The van der Waals surface area contributed by atoms with E-state index in [0.717, 1.165) is 0 Å². The molecule has 1 aromatic rings. The summed E-state index contributed by atoms with van der Waals surface area (Å²) in [5.41, 5.74) is 0. The zero-order valence-electron chi connectivity index (χ0n) is 11.3. The van der Waals surface area contributed by atoms with Crippen molar-refractivity contribution in [3.05, 3.63) is 42.5 Å². The van der Waals surface area contributed by atoms with Crippen molar-refractivity contribution in [3.63, 3.8) is 0 Å². The molecule has 0 saturated carbocycles. The molecule has 0 aliphatic rings. The maximum atomic E-state index is 10.6. The van der Waals surface area contributed by atoms with Gasteiger partial charge in [-0.2, -0.15) is 0 Å². The SMILES string of the molecule is CCC(Oc1ccccc1)C(=O)O.O=C(O)/C=C/C(=O)O. The average molecular weight is 296 g/mol. The lowest BCUT2D eigenvalue weighted by atomic mass is 10.3. The number of carboxylic acid groups (broad SMARTS) is 3. The standard InChI is InChI=1S/C10H12O3.C4H4O4/c1-2-9(10(11)12)13-8-6-4-3-5-7-8;5-3(6)1-2-4(7)8/h3-7,9H,2H2,1H3,(H,11,12);1-2H,(H,5,6)(H,7,8)/b;2-1+. The van der Waals surface area contributed by atoms with E-state index in [2.05, 4.69) is 0 Å². The lowest BCUT2D eigenvalue weighted by Gasteiger charge is -2.12. The highest BCUT2D eigenvalue weighted by atomic mass is 16.5. The first kappa shape index (κ1) is 18.2. The zero-order valence-corrected chi connectivity index (χ0v) is 11.3. The van der Waals surface area contributed by atoms with Crippen LogP contribution in [0.25, 0.3) is 0 Å². The van der Waals surface area contributed by atoms with E-state index in [1.807, 2.05) is 18.2 Å². The van der Waals surface area contributed by atoms with E-state index in [9.17, 15) is 14.4 Å². The lowest BCUT2D eigenvalue weighted by Crippen LogP contribution is -2.25. The molecule has 7 nitrogen and oxygen atoms in total. The van der Waals surface area contributed by atoms with Crippen molar-refractivity contribution in [1.29, 1.82) is 0 Å². The second-order valence-corrected chi connectivity index (χ2v) is 3.68. The van der Waals surface area contributed by atoms with Gasteiger partial charge in [0, 0.05) is 12.2 Å². The van der Waals surface area contributed by atoms with E-state index in [1.165, 1.54) is 0 Å². The molecule has 0 aromatic heterocycles. The summed E-state index contributed by atoms with van der Waals surface area (Å²) >= 11 is 0. The number of hydrogen-bond donors (Lipinski definition) is 3. The van der Waals surface area contributed by atoms with Gasteiger partial charge in [-0.3, -0.25) is 0 Å². The van der Waals surface area contributed by atoms with Crippen LogP contribution >= 0.6 is 0 Å². The molecule has 114 valence electrons. The zero-order chi connectivity index (χ0) is 16.3. The summed E-state index contributed by atoms with van der Waals surface area (Å²) in [6.07, 6.45) is 0.830. The van der Waals surface area contributed by atoms with Crippen molar-refractivity contribution in [2.45, 2.75) is 19.4 Å². The molecule has 0 radical (unpaired) electrons. The lowest BCUT2D eigenvalue weighted by molar-refractivity contribution is -0.145. The largest absolute Gasteiger partial charge is 0.479 e. The molecule has 1 atom stereocenters. The summed E-state index contributed by atoms with van der Waals surface area (Å²) in [5, 5.41) is 24.3. The summed E-state index contributed by atoms with van der Waals surface area (Å²) in [4.78, 5) is 29.7. The van der Waals surface area contributed by atoms with Crippen LogP contribution in [0.4, 0.5) is 0 Å². The summed E-state index contributed by atoms with van der Waals surface area (Å²) in [6, 6.07) is 8.96. The third kappa shape index (κ3) is 9.71. The molecular formula is C14H16O7. The van der Waals surface area contributed by atoms with Crippen LogP contribution in [0.2, 0.25) is 0 Å². The molecular weight excluding hydrogens is 280 g/mol. The Bertz CT molecular complexity index is 477. The minimum Gasteiger partial charge on any atom is -0.479 e. The molecule has 0 aliphatic carbocycles. The maximum absolute atomic E-state index is 10.6. The van der Waals surface area contributed by atoms with Gasteiger partial charge in [-0.25, -0.2) is 14.4 Å². The summed E-state index contributed by atoms with van der Waals surface area (Å²) < 4.78 is 5.23. The Balaban J connectivity index is 0.000000433. The van der Waals surface area contributed by atoms with E-state index in [4.69, 9.17) is 20.1 Å². The third-order valence-electron chi connectivity index (χ3n) is 2.04. The van der Waals surface area contributed by atoms with Crippen molar-refractivity contribution >= 4 is 17.9 Å². The van der Waals surface area contributed by atoms with Crippen molar-refractivity contribution in [2.75, 3.05) is 0 Å². The fraction of sp³-hybridized carbons (Fsp3) is 0.214. The van der Waals surface area contributed by atoms with Crippen LogP contribution < -0.4 is 4.74 Å². The van der Waals surface area contributed by atoms with Gasteiger partial charge in [-0.15, -0.1) is 0 Å². The van der Waals surface area contributed by atoms with Crippen molar-refractivity contribution < 1.29 is 34.4 Å². The van der Waals surface area contributed by atoms with Gasteiger partial charge in [0.15, 0.2) is 6.10 Å².